The number of ether oxygens (including phenoxy) is 1. The molecule has 5 aliphatic rings. The van der Waals surface area contributed by atoms with E-state index in [4.69, 9.17) is 9.72 Å². The van der Waals surface area contributed by atoms with Gasteiger partial charge >= 0.3 is 0 Å². The van der Waals surface area contributed by atoms with Gasteiger partial charge in [-0.25, -0.2) is 14.4 Å². The molecule has 14 nitrogen and oxygen atoms in total. The van der Waals surface area contributed by atoms with E-state index in [0.29, 0.717) is 101 Å². The first kappa shape index (κ1) is 31.2. The average Bonchev–Trinajstić information content (AvgIpc) is 3.54. The summed E-state index contributed by atoms with van der Waals surface area (Å²) in [7, 11) is 0. The molecule has 8 rings (SSSR count). The number of piperazine rings is 1. The van der Waals surface area contributed by atoms with Crippen molar-refractivity contribution in [2.45, 2.75) is 83.0 Å². The zero-order valence-electron chi connectivity index (χ0n) is 26.8. The van der Waals surface area contributed by atoms with Crippen molar-refractivity contribution in [1.82, 2.24) is 39.3 Å². The first-order valence-electron chi connectivity index (χ1n) is 16.4. The fraction of sp³-hybridized carbons (Fsp3) is 0.594. The lowest BCUT2D eigenvalue weighted by molar-refractivity contribution is -0.126. The maximum Gasteiger partial charge on any atom is 0.299 e. The predicted octanol–water partition coefficient (Wildman–Crippen LogP) is 1.95. The van der Waals surface area contributed by atoms with E-state index in [0.717, 1.165) is 5.57 Å². The minimum Gasteiger partial charge on any atom is -0.504 e. The van der Waals surface area contributed by atoms with Crippen molar-refractivity contribution >= 4 is 28.9 Å². The summed E-state index contributed by atoms with van der Waals surface area (Å²) in [6.45, 7) is 5.68. The van der Waals surface area contributed by atoms with Crippen LogP contribution in [0, 0.1) is 6.92 Å². The molecule has 2 aliphatic heterocycles. The molecule has 3 aromatic heterocycles. The molecular formula is C32H40FN9O5. The molecular weight excluding hydrogens is 609 g/mol. The maximum atomic E-state index is 14.9. The number of aromatic nitrogens is 6. The number of halogens is 1. The van der Waals surface area contributed by atoms with Crippen LogP contribution in [0.25, 0.3) is 11.4 Å². The molecule has 1 saturated heterocycles. The SMILES string of the molecule is CCc1c(N2CCN(C(=O)c3ncnc(C)c3O)CC2)c(=O)n2nc(C3=CCOCC3)nc2n1CC(=O)NC12CCC(F)(CC1)CC2. The third kappa shape index (κ3) is 5.63. The average molecular weight is 650 g/mol. The molecule has 0 spiro atoms. The van der Waals surface area contributed by atoms with Crippen LogP contribution in [0.3, 0.4) is 0 Å². The molecule has 0 unspecified atom stereocenters. The van der Waals surface area contributed by atoms with Crippen LogP contribution in [0.4, 0.5) is 10.1 Å². The Morgan fingerprint density at radius 2 is 1.81 bits per heavy atom. The van der Waals surface area contributed by atoms with E-state index >= 15 is 0 Å². The van der Waals surface area contributed by atoms with Crippen molar-refractivity contribution < 1.29 is 23.8 Å². The number of alkyl halides is 1. The third-order valence-corrected chi connectivity index (χ3v) is 10.4. The lowest BCUT2D eigenvalue weighted by Crippen LogP contribution is -2.58. The lowest BCUT2D eigenvalue weighted by atomic mass is 9.64. The van der Waals surface area contributed by atoms with Gasteiger partial charge < -0.3 is 29.5 Å². The van der Waals surface area contributed by atoms with Gasteiger partial charge in [-0.05, 0) is 63.9 Å². The molecule has 3 aromatic rings. The van der Waals surface area contributed by atoms with E-state index in [2.05, 4.69) is 20.4 Å². The van der Waals surface area contributed by atoms with Crippen LogP contribution in [0.2, 0.25) is 0 Å². The quantitative estimate of drug-likeness (QED) is 0.387. The topological polar surface area (TPSA) is 160 Å². The monoisotopic (exact) mass is 649 g/mol. The van der Waals surface area contributed by atoms with Gasteiger partial charge in [-0.3, -0.25) is 14.4 Å². The highest BCUT2D eigenvalue weighted by Crippen LogP contribution is 2.49. The molecule has 0 aromatic carbocycles. The van der Waals surface area contributed by atoms with Crippen molar-refractivity contribution in [3.8, 4) is 5.75 Å². The summed E-state index contributed by atoms with van der Waals surface area (Å²) in [4.78, 5) is 57.4. The second-order valence-electron chi connectivity index (χ2n) is 13.2. The Balaban J connectivity index is 1.21. The van der Waals surface area contributed by atoms with E-state index in [9.17, 15) is 23.9 Å². The van der Waals surface area contributed by atoms with Crippen LogP contribution in [0.15, 0.2) is 17.2 Å². The van der Waals surface area contributed by atoms with E-state index < -0.39 is 17.1 Å². The molecule has 5 heterocycles. The van der Waals surface area contributed by atoms with Gasteiger partial charge in [0, 0.05) is 31.7 Å². The van der Waals surface area contributed by atoms with E-state index in [1.807, 2.05) is 17.9 Å². The molecule has 47 heavy (non-hydrogen) atoms. The Hall–Kier alpha value is -4.40. The number of carbonyl (C=O) groups is 2. The zero-order valence-corrected chi connectivity index (χ0v) is 26.8. The van der Waals surface area contributed by atoms with Gasteiger partial charge in [0.05, 0.1) is 24.6 Å². The van der Waals surface area contributed by atoms with Gasteiger partial charge in [-0.15, -0.1) is 5.10 Å². The summed E-state index contributed by atoms with van der Waals surface area (Å²) in [5.41, 5.74) is 0.327. The number of aromatic hydroxyl groups is 1. The van der Waals surface area contributed by atoms with Crippen LogP contribution in [-0.4, -0.2) is 102 Å². The maximum absolute atomic E-state index is 14.9. The zero-order chi connectivity index (χ0) is 32.9. The molecule has 2 bridgehead atoms. The largest absolute Gasteiger partial charge is 0.504 e. The summed E-state index contributed by atoms with van der Waals surface area (Å²) in [5.74, 6) is -0.162. The second kappa shape index (κ2) is 12.0. The molecule has 3 saturated carbocycles. The third-order valence-electron chi connectivity index (χ3n) is 10.4. The molecule has 0 radical (unpaired) electrons. The number of rotatable bonds is 7. The van der Waals surface area contributed by atoms with Crippen LogP contribution in [-0.2, 0) is 22.5 Å². The predicted molar refractivity (Wildman–Crippen MR) is 169 cm³/mol. The Labute approximate surface area is 270 Å². The van der Waals surface area contributed by atoms with Crippen LogP contribution in [0.5, 0.6) is 5.75 Å². The molecule has 0 atom stereocenters. The Bertz CT molecular complexity index is 1800. The first-order valence-corrected chi connectivity index (χ1v) is 16.4. The van der Waals surface area contributed by atoms with Gasteiger partial charge in [-0.1, -0.05) is 13.0 Å². The fourth-order valence-corrected chi connectivity index (χ4v) is 7.51. The van der Waals surface area contributed by atoms with E-state index in [-0.39, 0.29) is 48.3 Å². The summed E-state index contributed by atoms with van der Waals surface area (Å²) in [6.07, 6.45) is 7.41. The summed E-state index contributed by atoms with van der Waals surface area (Å²) in [5, 5.41) is 18.3. The minimum atomic E-state index is -1.11. The Morgan fingerprint density at radius 1 is 1.09 bits per heavy atom. The molecule has 250 valence electrons. The number of fused-ring (bicyclic) bond motifs is 4. The molecule has 15 heteroatoms. The first-order chi connectivity index (χ1) is 22.6. The molecule has 2 N–H and O–H groups in total. The highest BCUT2D eigenvalue weighted by Gasteiger charge is 2.49. The van der Waals surface area contributed by atoms with Crippen LogP contribution >= 0.6 is 0 Å². The number of amides is 2. The van der Waals surface area contributed by atoms with E-state index in [1.165, 1.54) is 10.8 Å². The standard InChI is InChI=1S/C32H40FN9O5/c1-3-22-25(39-12-14-40(15-13-39)28(45)24-26(44)20(2)34-19-35-24)29(46)42-30(36-27(38-42)21-4-16-47-17-5-21)41(22)18-23(43)37-32-9-6-31(33,7-10-32)8-11-32/h4,19,44H,3,5-18H2,1-2H3,(H,37,43). The minimum absolute atomic E-state index is 0.0554. The Morgan fingerprint density at radius 3 is 2.47 bits per heavy atom. The van der Waals surface area contributed by atoms with Crippen LogP contribution < -0.4 is 15.8 Å². The van der Waals surface area contributed by atoms with E-state index in [1.54, 1.807) is 16.4 Å². The second-order valence-corrected chi connectivity index (χ2v) is 13.2. The van der Waals surface area contributed by atoms with Gasteiger partial charge in [-0.2, -0.15) is 9.50 Å². The smallest absolute Gasteiger partial charge is 0.299 e. The number of aryl methyl sites for hydroxylation is 1. The summed E-state index contributed by atoms with van der Waals surface area (Å²) >= 11 is 0. The fourth-order valence-electron chi connectivity index (χ4n) is 7.51. The molecule has 4 fully saturated rings. The number of nitrogens with zero attached hydrogens (tertiary/aromatic N) is 8. The van der Waals surface area contributed by atoms with Crippen molar-refractivity contribution in [3.05, 3.63) is 45.7 Å². The number of hydrogen-bond donors (Lipinski definition) is 2. The van der Waals surface area contributed by atoms with Crippen molar-refractivity contribution in [2.75, 3.05) is 44.3 Å². The molecule has 2 amide bonds. The highest BCUT2D eigenvalue weighted by atomic mass is 19.1. The number of nitrogens with one attached hydrogen (secondary N) is 1. The number of anilines is 1. The van der Waals surface area contributed by atoms with Gasteiger partial charge in [0.1, 0.15) is 24.2 Å². The normalized spacial score (nSPS) is 24.4. The number of hydrogen-bond acceptors (Lipinski definition) is 10. The van der Waals surface area contributed by atoms with Gasteiger partial charge in [0.15, 0.2) is 17.3 Å². The Kier molecular flexibility index (Phi) is 7.97. The highest BCUT2D eigenvalue weighted by molar-refractivity contribution is 5.95. The van der Waals surface area contributed by atoms with Gasteiger partial charge in [0.25, 0.3) is 11.5 Å². The summed E-state index contributed by atoms with van der Waals surface area (Å²) < 4.78 is 23.4. The van der Waals surface area contributed by atoms with Crippen molar-refractivity contribution in [2.24, 2.45) is 0 Å². The summed E-state index contributed by atoms with van der Waals surface area (Å²) in [6, 6.07) is 0. The van der Waals surface area contributed by atoms with Crippen molar-refractivity contribution in [3.63, 3.8) is 0 Å². The van der Waals surface area contributed by atoms with Crippen LogP contribution in [0.1, 0.15) is 79.6 Å². The number of carbonyl (C=O) groups excluding carboxylic acids is 2. The van der Waals surface area contributed by atoms with Gasteiger partial charge in [0.2, 0.25) is 11.7 Å². The molecule has 3 aliphatic carbocycles. The van der Waals surface area contributed by atoms with Crippen molar-refractivity contribution in [1.29, 1.82) is 0 Å². The lowest BCUT2D eigenvalue weighted by Gasteiger charge is -2.50.